The molecule has 15 heavy (non-hydrogen) atoms. The van der Waals surface area contributed by atoms with Gasteiger partial charge in [-0.05, 0) is 19.1 Å². The van der Waals surface area contributed by atoms with Crippen LogP contribution in [0.15, 0.2) is 22.8 Å². The second-order valence-electron chi connectivity index (χ2n) is 3.55. The van der Waals surface area contributed by atoms with Gasteiger partial charge < -0.3 is 19.2 Å². The fourth-order valence-corrected chi connectivity index (χ4v) is 1.51. The van der Waals surface area contributed by atoms with Gasteiger partial charge in [-0.1, -0.05) is 0 Å². The Morgan fingerprint density at radius 1 is 1.33 bits per heavy atom. The summed E-state index contributed by atoms with van der Waals surface area (Å²) in [5.41, 5.74) is 0. The average molecular weight is 213 g/mol. The van der Waals surface area contributed by atoms with E-state index in [0.717, 1.165) is 5.76 Å². The predicted octanol–water partition coefficient (Wildman–Crippen LogP) is 1.59. The Balaban J connectivity index is 2.51. The van der Waals surface area contributed by atoms with E-state index < -0.39 is 0 Å². The third-order valence-electron chi connectivity index (χ3n) is 2.12. The van der Waals surface area contributed by atoms with Gasteiger partial charge in [0.2, 0.25) is 0 Å². The maximum absolute atomic E-state index is 5.34. The molecule has 1 aromatic rings. The van der Waals surface area contributed by atoms with Gasteiger partial charge in [-0.25, -0.2) is 0 Å². The summed E-state index contributed by atoms with van der Waals surface area (Å²) in [6.45, 7) is 3.32. The minimum Gasteiger partial charge on any atom is -0.468 e. The van der Waals surface area contributed by atoms with Crippen LogP contribution in [0.5, 0.6) is 0 Å². The van der Waals surface area contributed by atoms with Gasteiger partial charge in [0, 0.05) is 20.3 Å². The summed E-state index contributed by atoms with van der Waals surface area (Å²) in [7, 11) is 3.37. The summed E-state index contributed by atoms with van der Waals surface area (Å²) in [6, 6.07) is 4.16. The zero-order valence-electron chi connectivity index (χ0n) is 9.53. The monoisotopic (exact) mass is 213 g/mol. The number of methoxy groups -OCH3 is 2. The molecule has 0 saturated carbocycles. The minimum absolute atomic E-state index is 0.0788. The van der Waals surface area contributed by atoms with Crippen LogP contribution in [0.1, 0.15) is 18.7 Å². The molecule has 2 atom stereocenters. The highest BCUT2D eigenvalue weighted by molar-refractivity contribution is 5.04. The average Bonchev–Trinajstić information content (AvgIpc) is 2.70. The van der Waals surface area contributed by atoms with E-state index in [0.29, 0.717) is 13.2 Å². The maximum Gasteiger partial charge on any atom is 0.123 e. The molecule has 0 amide bonds. The standard InChI is InChI=1S/C11H19NO3/c1-9(7-13-2)12-10(8-14-3)11-5-4-6-15-11/h4-6,9-10,12H,7-8H2,1-3H3. The van der Waals surface area contributed by atoms with Crippen LogP contribution in [0.3, 0.4) is 0 Å². The summed E-state index contributed by atoms with van der Waals surface area (Å²) in [5.74, 6) is 0.889. The van der Waals surface area contributed by atoms with Gasteiger partial charge in [-0.2, -0.15) is 0 Å². The number of rotatable bonds is 7. The Labute approximate surface area is 90.6 Å². The number of furan rings is 1. The predicted molar refractivity (Wildman–Crippen MR) is 57.8 cm³/mol. The van der Waals surface area contributed by atoms with Crippen LogP contribution in [0.2, 0.25) is 0 Å². The highest BCUT2D eigenvalue weighted by Gasteiger charge is 2.16. The second-order valence-corrected chi connectivity index (χ2v) is 3.55. The lowest BCUT2D eigenvalue weighted by Crippen LogP contribution is -2.35. The third kappa shape index (κ3) is 4.03. The largest absolute Gasteiger partial charge is 0.468 e. The summed E-state index contributed by atoms with van der Waals surface area (Å²) in [5, 5.41) is 3.38. The molecule has 2 unspecified atom stereocenters. The number of ether oxygens (including phenoxy) is 2. The van der Waals surface area contributed by atoms with Gasteiger partial charge in [0.05, 0.1) is 25.5 Å². The van der Waals surface area contributed by atoms with Gasteiger partial charge in [0.15, 0.2) is 0 Å². The molecule has 1 rings (SSSR count). The molecule has 0 radical (unpaired) electrons. The van der Waals surface area contributed by atoms with E-state index in [4.69, 9.17) is 13.9 Å². The number of hydrogen-bond donors (Lipinski definition) is 1. The van der Waals surface area contributed by atoms with Gasteiger partial charge >= 0.3 is 0 Å². The van der Waals surface area contributed by atoms with Crippen molar-refractivity contribution in [3.8, 4) is 0 Å². The summed E-state index contributed by atoms with van der Waals surface area (Å²) < 4.78 is 15.6. The molecule has 0 bridgehead atoms. The molecular formula is C11H19NO3. The molecule has 4 heteroatoms. The molecule has 0 fully saturated rings. The highest BCUT2D eigenvalue weighted by Crippen LogP contribution is 2.14. The molecule has 0 spiro atoms. The van der Waals surface area contributed by atoms with Crippen LogP contribution in [-0.2, 0) is 9.47 Å². The highest BCUT2D eigenvalue weighted by atomic mass is 16.5. The van der Waals surface area contributed by atoms with Gasteiger partial charge in [0.1, 0.15) is 5.76 Å². The summed E-state index contributed by atoms with van der Waals surface area (Å²) in [4.78, 5) is 0. The van der Waals surface area contributed by atoms with E-state index >= 15 is 0 Å². The fraction of sp³-hybridized carbons (Fsp3) is 0.636. The molecule has 86 valence electrons. The van der Waals surface area contributed by atoms with Crippen molar-refractivity contribution in [1.29, 1.82) is 0 Å². The van der Waals surface area contributed by atoms with Crippen LogP contribution in [0.4, 0.5) is 0 Å². The van der Waals surface area contributed by atoms with Crippen molar-refractivity contribution in [2.75, 3.05) is 27.4 Å². The zero-order valence-corrected chi connectivity index (χ0v) is 9.53. The topological polar surface area (TPSA) is 43.6 Å². The number of hydrogen-bond acceptors (Lipinski definition) is 4. The molecule has 1 N–H and O–H groups in total. The first kappa shape index (κ1) is 12.2. The third-order valence-corrected chi connectivity index (χ3v) is 2.12. The second kappa shape index (κ2) is 6.61. The lowest BCUT2D eigenvalue weighted by Gasteiger charge is -2.20. The van der Waals surface area contributed by atoms with Crippen molar-refractivity contribution in [2.45, 2.75) is 19.0 Å². The Kier molecular flexibility index (Phi) is 5.39. The van der Waals surface area contributed by atoms with Crippen LogP contribution in [0, 0.1) is 0 Å². The molecular weight excluding hydrogens is 194 g/mol. The summed E-state index contributed by atoms with van der Waals surface area (Å²) in [6.07, 6.45) is 1.67. The fourth-order valence-electron chi connectivity index (χ4n) is 1.51. The first-order chi connectivity index (χ1) is 7.27. The minimum atomic E-state index is 0.0788. The van der Waals surface area contributed by atoms with E-state index in [-0.39, 0.29) is 12.1 Å². The van der Waals surface area contributed by atoms with Crippen LogP contribution in [-0.4, -0.2) is 33.5 Å². The SMILES string of the molecule is COCC(C)NC(COC)c1ccco1. The van der Waals surface area contributed by atoms with Crippen molar-refractivity contribution in [2.24, 2.45) is 0 Å². The molecule has 0 aliphatic rings. The lowest BCUT2D eigenvalue weighted by molar-refractivity contribution is 0.127. The van der Waals surface area contributed by atoms with Crippen molar-refractivity contribution in [3.05, 3.63) is 24.2 Å². The van der Waals surface area contributed by atoms with E-state index in [1.807, 2.05) is 12.1 Å². The van der Waals surface area contributed by atoms with Crippen molar-refractivity contribution < 1.29 is 13.9 Å². The van der Waals surface area contributed by atoms with Crippen molar-refractivity contribution >= 4 is 0 Å². The van der Waals surface area contributed by atoms with Crippen molar-refractivity contribution in [3.63, 3.8) is 0 Å². The zero-order chi connectivity index (χ0) is 11.1. The maximum atomic E-state index is 5.34. The first-order valence-electron chi connectivity index (χ1n) is 5.05. The van der Waals surface area contributed by atoms with E-state index in [9.17, 15) is 0 Å². The molecule has 4 nitrogen and oxygen atoms in total. The van der Waals surface area contributed by atoms with Gasteiger partial charge in [-0.3, -0.25) is 0 Å². The van der Waals surface area contributed by atoms with Gasteiger partial charge in [0.25, 0.3) is 0 Å². The normalized spacial score (nSPS) is 15.1. The Morgan fingerprint density at radius 2 is 2.07 bits per heavy atom. The summed E-state index contributed by atoms with van der Waals surface area (Å²) >= 11 is 0. The van der Waals surface area contributed by atoms with Crippen LogP contribution in [0.25, 0.3) is 0 Å². The van der Waals surface area contributed by atoms with E-state index in [2.05, 4.69) is 12.2 Å². The van der Waals surface area contributed by atoms with E-state index in [1.54, 1.807) is 20.5 Å². The number of nitrogens with one attached hydrogen (secondary N) is 1. The first-order valence-corrected chi connectivity index (χ1v) is 5.05. The molecule has 0 aliphatic heterocycles. The Hall–Kier alpha value is -0.840. The van der Waals surface area contributed by atoms with Crippen LogP contribution < -0.4 is 5.32 Å². The molecule has 0 aliphatic carbocycles. The molecule has 0 aromatic carbocycles. The van der Waals surface area contributed by atoms with Crippen molar-refractivity contribution in [1.82, 2.24) is 5.32 Å². The van der Waals surface area contributed by atoms with Crippen LogP contribution >= 0.6 is 0 Å². The molecule has 0 saturated heterocycles. The van der Waals surface area contributed by atoms with Gasteiger partial charge in [-0.15, -0.1) is 0 Å². The quantitative estimate of drug-likeness (QED) is 0.747. The molecule has 1 heterocycles. The Morgan fingerprint density at radius 3 is 2.60 bits per heavy atom. The molecule has 1 aromatic heterocycles. The van der Waals surface area contributed by atoms with E-state index in [1.165, 1.54) is 0 Å². The lowest BCUT2D eigenvalue weighted by atomic mass is 10.2. The Bertz CT molecular complexity index is 248. The smallest absolute Gasteiger partial charge is 0.123 e.